The Labute approximate surface area is 113 Å². The van der Waals surface area contributed by atoms with Crippen LogP contribution in [0, 0.1) is 0 Å². The summed E-state index contributed by atoms with van der Waals surface area (Å²) in [6, 6.07) is 11.5. The van der Waals surface area contributed by atoms with Gasteiger partial charge in [0.1, 0.15) is 0 Å². The molecule has 0 aliphatic rings. The molecule has 19 heavy (non-hydrogen) atoms. The summed E-state index contributed by atoms with van der Waals surface area (Å²) in [5.74, 6) is 0.518. The molecule has 1 amide bonds. The lowest BCUT2D eigenvalue weighted by Crippen LogP contribution is -2.14. The Hall–Kier alpha value is -2.10. The van der Waals surface area contributed by atoms with E-state index in [0.717, 1.165) is 11.3 Å². The predicted molar refractivity (Wildman–Crippen MR) is 76.1 cm³/mol. The molecule has 2 aromatic rings. The summed E-state index contributed by atoms with van der Waals surface area (Å²) >= 11 is 0. The molecule has 1 aromatic carbocycles. The van der Waals surface area contributed by atoms with E-state index in [1.807, 2.05) is 36.4 Å². The average Bonchev–Trinajstić information content (AvgIpc) is 2.78. The fraction of sp³-hybridized carbons (Fsp3) is 0.333. The average molecular weight is 257 g/mol. The van der Waals surface area contributed by atoms with Crippen molar-refractivity contribution in [3.8, 4) is 0 Å². The SMILES string of the molecule is CC(C)(C)c1cc(NC(=O)Cc2ccccc2)n[nH]1. The van der Waals surface area contributed by atoms with Gasteiger partial charge in [-0.05, 0) is 5.56 Å². The topological polar surface area (TPSA) is 57.8 Å². The van der Waals surface area contributed by atoms with Crippen molar-refractivity contribution in [2.75, 3.05) is 5.32 Å². The van der Waals surface area contributed by atoms with E-state index in [1.165, 1.54) is 0 Å². The first-order valence-electron chi connectivity index (χ1n) is 6.35. The maximum absolute atomic E-state index is 11.9. The highest BCUT2D eigenvalue weighted by Crippen LogP contribution is 2.21. The standard InChI is InChI=1S/C15H19N3O/c1-15(2,3)12-10-13(18-17-12)16-14(19)9-11-7-5-4-6-8-11/h4-8,10H,9H2,1-3H3,(H2,16,17,18,19). The van der Waals surface area contributed by atoms with Crippen LogP contribution in [0.15, 0.2) is 36.4 Å². The third-order valence-corrected chi connectivity index (χ3v) is 2.86. The molecule has 4 heteroatoms. The molecule has 0 spiro atoms. The largest absolute Gasteiger partial charge is 0.309 e. The van der Waals surface area contributed by atoms with E-state index in [0.29, 0.717) is 12.2 Å². The lowest BCUT2D eigenvalue weighted by molar-refractivity contribution is -0.115. The summed E-state index contributed by atoms with van der Waals surface area (Å²) in [5.41, 5.74) is 1.99. The number of benzene rings is 1. The fourth-order valence-electron chi connectivity index (χ4n) is 1.74. The first-order valence-corrected chi connectivity index (χ1v) is 6.35. The number of carbonyl (C=O) groups excluding carboxylic acids is 1. The number of rotatable bonds is 3. The predicted octanol–water partition coefficient (Wildman–Crippen LogP) is 2.89. The number of nitrogens with one attached hydrogen (secondary N) is 2. The number of anilines is 1. The van der Waals surface area contributed by atoms with Crippen molar-refractivity contribution in [3.63, 3.8) is 0 Å². The number of aromatic amines is 1. The third-order valence-electron chi connectivity index (χ3n) is 2.86. The molecule has 4 nitrogen and oxygen atoms in total. The quantitative estimate of drug-likeness (QED) is 0.888. The Balaban J connectivity index is 1.98. The van der Waals surface area contributed by atoms with Crippen molar-refractivity contribution in [2.24, 2.45) is 0 Å². The molecule has 0 atom stereocenters. The Morgan fingerprint density at radius 3 is 2.53 bits per heavy atom. The van der Waals surface area contributed by atoms with Crippen LogP contribution in [0.4, 0.5) is 5.82 Å². The number of hydrogen-bond acceptors (Lipinski definition) is 2. The van der Waals surface area contributed by atoms with Gasteiger partial charge >= 0.3 is 0 Å². The zero-order valence-electron chi connectivity index (χ0n) is 11.5. The van der Waals surface area contributed by atoms with E-state index < -0.39 is 0 Å². The molecule has 2 N–H and O–H groups in total. The van der Waals surface area contributed by atoms with Crippen molar-refractivity contribution < 1.29 is 4.79 Å². The second kappa shape index (κ2) is 5.26. The van der Waals surface area contributed by atoms with Crippen molar-refractivity contribution in [3.05, 3.63) is 47.7 Å². The number of hydrogen-bond donors (Lipinski definition) is 2. The summed E-state index contributed by atoms with van der Waals surface area (Å²) in [6.07, 6.45) is 0.360. The number of aromatic nitrogens is 2. The van der Waals surface area contributed by atoms with Gasteiger partial charge in [0.2, 0.25) is 5.91 Å². The molecule has 1 aromatic heterocycles. The first kappa shape index (κ1) is 13.3. The van der Waals surface area contributed by atoms with E-state index >= 15 is 0 Å². The van der Waals surface area contributed by atoms with Crippen molar-refractivity contribution in [2.45, 2.75) is 32.6 Å². The minimum absolute atomic E-state index is 0.00456. The monoisotopic (exact) mass is 257 g/mol. The lowest BCUT2D eigenvalue weighted by atomic mass is 9.92. The van der Waals surface area contributed by atoms with Crippen LogP contribution in [0.3, 0.4) is 0 Å². The van der Waals surface area contributed by atoms with E-state index in [9.17, 15) is 4.79 Å². The molecule has 0 bridgehead atoms. The van der Waals surface area contributed by atoms with Gasteiger partial charge < -0.3 is 5.32 Å². The molecule has 0 saturated carbocycles. The Kier molecular flexibility index (Phi) is 3.69. The summed E-state index contributed by atoms with van der Waals surface area (Å²) in [7, 11) is 0. The molecule has 0 saturated heterocycles. The molecule has 0 aliphatic carbocycles. The Morgan fingerprint density at radius 2 is 1.95 bits per heavy atom. The van der Waals surface area contributed by atoms with Crippen molar-refractivity contribution in [1.82, 2.24) is 10.2 Å². The maximum atomic E-state index is 11.9. The molecule has 0 aliphatic heterocycles. The lowest BCUT2D eigenvalue weighted by Gasteiger charge is -2.14. The highest BCUT2D eigenvalue weighted by molar-refractivity contribution is 5.91. The second-order valence-corrected chi connectivity index (χ2v) is 5.63. The van der Waals surface area contributed by atoms with Crippen LogP contribution >= 0.6 is 0 Å². The summed E-state index contributed by atoms with van der Waals surface area (Å²) in [5, 5.41) is 9.86. The molecule has 100 valence electrons. The van der Waals surface area contributed by atoms with Crippen LogP contribution in [0.1, 0.15) is 32.0 Å². The zero-order valence-corrected chi connectivity index (χ0v) is 11.5. The Morgan fingerprint density at radius 1 is 1.26 bits per heavy atom. The van der Waals surface area contributed by atoms with Crippen LogP contribution in [0.2, 0.25) is 0 Å². The van der Waals surface area contributed by atoms with Gasteiger partial charge in [-0.1, -0.05) is 51.1 Å². The molecule has 0 unspecified atom stereocenters. The summed E-state index contributed by atoms with van der Waals surface area (Å²) < 4.78 is 0. The van der Waals surface area contributed by atoms with Crippen molar-refractivity contribution in [1.29, 1.82) is 0 Å². The van der Waals surface area contributed by atoms with Gasteiger partial charge in [-0.2, -0.15) is 5.10 Å². The molecular formula is C15H19N3O. The van der Waals surface area contributed by atoms with Crippen molar-refractivity contribution >= 4 is 11.7 Å². The van der Waals surface area contributed by atoms with Gasteiger partial charge in [0.15, 0.2) is 5.82 Å². The minimum atomic E-state index is -0.0573. The highest BCUT2D eigenvalue weighted by Gasteiger charge is 2.17. The van der Waals surface area contributed by atoms with Gasteiger partial charge in [-0.3, -0.25) is 9.89 Å². The van der Waals surface area contributed by atoms with E-state index in [2.05, 4.69) is 36.3 Å². The number of nitrogens with zero attached hydrogens (tertiary/aromatic N) is 1. The van der Waals surface area contributed by atoms with Crippen LogP contribution in [-0.2, 0) is 16.6 Å². The summed E-state index contributed by atoms with van der Waals surface area (Å²) in [4.78, 5) is 11.9. The number of carbonyl (C=O) groups is 1. The second-order valence-electron chi connectivity index (χ2n) is 5.63. The third kappa shape index (κ3) is 3.68. The molecule has 1 heterocycles. The minimum Gasteiger partial charge on any atom is -0.309 e. The fourth-order valence-corrected chi connectivity index (χ4v) is 1.74. The van der Waals surface area contributed by atoms with Gasteiger partial charge in [-0.25, -0.2) is 0 Å². The molecular weight excluding hydrogens is 238 g/mol. The van der Waals surface area contributed by atoms with Gasteiger partial charge in [0.05, 0.1) is 6.42 Å². The van der Waals surface area contributed by atoms with Crippen LogP contribution in [0.25, 0.3) is 0 Å². The smallest absolute Gasteiger partial charge is 0.229 e. The van der Waals surface area contributed by atoms with Crippen LogP contribution in [0.5, 0.6) is 0 Å². The highest BCUT2D eigenvalue weighted by atomic mass is 16.1. The summed E-state index contributed by atoms with van der Waals surface area (Å²) in [6.45, 7) is 6.28. The van der Waals surface area contributed by atoms with Gasteiger partial charge in [0.25, 0.3) is 0 Å². The zero-order chi connectivity index (χ0) is 13.9. The maximum Gasteiger partial charge on any atom is 0.229 e. The number of amides is 1. The molecule has 0 fully saturated rings. The van der Waals surface area contributed by atoms with Gasteiger partial charge in [-0.15, -0.1) is 0 Å². The van der Waals surface area contributed by atoms with Crippen LogP contribution in [-0.4, -0.2) is 16.1 Å². The Bertz CT molecular complexity index is 552. The molecule has 2 rings (SSSR count). The van der Waals surface area contributed by atoms with E-state index in [1.54, 1.807) is 0 Å². The normalized spacial score (nSPS) is 11.3. The van der Waals surface area contributed by atoms with E-state index in [-0.39, 0.29) is 11.3 Å². The van der Waals surface area contributed by atoms with Gasteiger partial charge in [0, 0.05) is 17.2 Å². The molecule has 0 radical (unpaired) electrons. The number of H-pyrrole nitrogens is 1. The van der Waals surface area contributed by atoms with Crippen LogP contribution < -0.4 is 5.32 Å². The van der Waals surface area contributed by atoms with E-state index in [4.69, 9.17) is 0 Å². The first-order chi connectivity index (χ1) is 8.95.